The Morgan fingerprint density at radius 2 is 2.02 bits per heavy atom. The number of fused-ring (bicyclic) bond motifs is 1. The van der Waals surface area contributed by atoms with Crippen LogP contribution < -0.4 is 15.3 Å². The van der Waals surface area contributed by atoms with Gasteiger partial charge in [-0.2, -0.15) is 5.09 Å². The molecule has 2 aliphatic rings. The molecule has 5 atom stereocenters. The van der Waals surface area contributed by atoms with Crippen molar-refractivity contribution in [3.63, 3.8) is 0 Å². The molecule has 0 radical (unpaired) electrons. The van der Waals surface area contributed by atoms with Gasteiger partial charge in [0.1, 0.15) is 41.2 Å². The number of anilines is 1. The van der Waals surface area contributed by atoms with Crippen LogP contribution in [0.2, 0.25) is 5.02 Å². The van der Waals surface area contributed by atoms with Gasteiger partial charge in [-0.15, -0.1) is 0 Å². The number of esters is 1. The number of carbonyl (C=O) groups is 1. The average molecular weight is 614 g/mol. The quantitative estimate of drug-likeness (QED) is 0.194. The van der Waals surface area contributed by atoms with E-state index in [1.165, 1.54) is 35.8 Å². The number of hydrogen-bond donors (Lipinski definition) is 4. The molecule has 3 unspecified atom stereocenters. The number of ether oxygens (including phenoxy) is 2. The number of nitrogen functional groups attached to an aromatic ring is 1. The molecular formula is C25H30ClFN5O8P. The summed E-state index contributed by atoms with van der Waals surface area (Å²) in [5.74, 6) is -1.35. The second-order valence-electron chi connectivity index (χ2n) is 10.5. The zero-order chi connectivity index (χ0) is 29.7. The first-order valence-electron chi connectivity index (χ1n) is 12.8. The number of hydrogen-bond acceptors (Lipinski definition) is 11. The van der Waals surface area contributed by atoms with E-state index in [1.807, 2.05) is 0 Å². The van der Waals surface area contributed by atoms with Crippen LogP contribution in [0.25, 0.3) is 11.0 Å². The topological polar surface area (TPSA) is 180 Å². The third-order valence-electron chi connectivity index (χ3n) is 6.88. The van der Waals surface area contributed by atoms with Gasteiger partial charge in [0, 0.05) is 11.2 Å². The van der Waals surface area contributed by atoms with Gasteiger partial charge in [-0.3, -0.25) is 13.9 Å². The number of nitrogens with two attached hydrogens (primary N) is 1. The highest BCUT2D eigenvalue weighted by Crippen LogP contribution is 2.53. The monoisotopic (exact) mass is 613 g/mol. The van der Waals surface area contributed by atoms with Crippen LogP contribution in [-0.4, -0.2) is 66.8 Å². The SMILES string of the molecule is CC(C)OC(=O)C1(NP(=O)(OCC2OC(n3cc(F)c4c(N)ncnc43)[C@](C)(O)[C@@H]2O)Oc2ccc(Cl)cc2)CC1. The fraction of sp³-hybridized carbons (Fsp3) is 0.480. The first-order valence-corrected chi connectivity index (χ1v) is 14.7. The molecule has 1 aliphatic heterocycles. The van der Waals surface area contributed by atoms with E-state index in [0.29, 0.717) is 17.9 Å². The van der Waals surface area contributed by atoms with Crippen LogP contribution in [-0.2, 0) is 23.4 Å². The Morgan fingerprint density at radius 3 is 2.66 bits per heavy atom. The first-order chi connectivity index (χ1) is 19.2. The highest BCUT2D eigenvalue weighted by Gasteiger charge is 2.58. The largest absolute Gasteiger partial charge is 0.462 e. The minimum atomic E-state index is -4.34. The molecule has 0 amide bonds. The highest BCUT2D eigenvalue weighted by molar-refractivity contribution is 7.52. The molecule has 222 valence electrons. The van der Waals surface area contributed by atoms with Crippen LogP contribution in [0, 0.1) is 5.82 Å². The first kappa shape index (κ1) is 29.6. The van der Waals surface area contributed by atoms with Crippen molar-refractivity contribution in [3.8, 4) is 5.75 Å². The van der Waals surface area contributed by atoms with Crippen molar-refractivity contribution in [1.82, 2.24) is 19.6 Å². The van der Waals surface area contributed by atoms with E-state index >= 15 is 0 Å². The van der Waals surface area contributed by atoms with Crippen molar-refractivity contribution >= 4 is 42.2 Å². The van der Waals surface area contributed by atoms with Gasteiger partial charge >= 0.3 is 13.7 Å². The van der Waals surface area contributed by atoms with Crippen molar-refractivity contribution in [2.45, 2.75) is 69.3 Å². The van der Waals surface area contributed by atoms with Crippen molar-refractivity contribution in [1.29, 1.82) is 0 Å². The number of benzene rings is 1. The van der Waals surface area contributed by atoms with Gasteiger partial charge in [0.05, 0.1) is 18.1 Å². The van der Waals surface area contributed by atoms with Crippen molar-refractivity contribution in [3.05, 3.63) is 47.6 Å². The Bertz CT molecular complexity index is 1500. The molecule has 5 rings (SSSR count). The minimum Gasteiger partial charge on any atom is -0.462 e. The summed E-state index contributed by atoms with van der Waals surface area (Å²) < 4.78 is 52.5. The molecular weight excluding hydrogens is 584 g/mol. The van der Waals surface area contributed by atoms with Crippen LogP contribution in [0.5, 0.6) is 5.75 Å². The van der Waals surface area contributed by atoms with E-state index < -0.39 is 61.8 Å². The normalized spacial score (nSPS) is 26.7. The number of nitrogens with one attached hydrogen (secondary N) is 1. The summed E-state index contributed by atoms with van der Waals surface area (Å²) >= 11 is 5.95. The lowest BCUT2D eigenvalue weighted by atomic mass is 9.96. The van der Waals surface area contributed by atoms with Gasteiger partial charge in [0.25, 0.3) is 0 Å². The molecule has 2 aromatic heterocycles. The van der Waals surface area contributed by atoms with E-state index in [0.717, 1.165) is 12.5 Å². The Labute approximate surface area is 239 Å². The maximum Gasteiger partial charge on any atom is 0.459 e. The number of aromatic nitrogens is 3. The molecule has 1 aliphatic carbocycles. The minimum absolute atomic E-state index is 0.0341. The fourth-order valence-corrected chi connectivity index (χ4v) is 6.45. The predicted molar refractivity (Wildman–Crippen MR) is 144 cm³/mol. The van der Waals surface area contributed by atoms with Crippen LogP contribution in [0.4, 0.5) is 10.2 Å². The van der Waals surface area contributed by atoms with Crippen LogP contribution >= 0.6 is 19.3 Å². The Hall–Kier alpha value is -2.84. The lowest BCUT2D eigenvalue weighted by Gasteiger charge is -2.28. The summed E-state index contributed by atoms with van der Waals surface area (Å²) in [6.45, 7) is 4.12. The van der Waals surface area contributed by atoms with Gasteiger partial charge in [-0.1, -0.05) is 11.6 Å². The average Bonchev–Trinajstić information content (AvgIpc) is 3.54. The molecule has 1 saturated carbocycles. The Morgan fingerprint density at radius 1 is 1.34 bits per heavy atom. The Balaban J connectivity index is 1.39. The Kier molecular flexibility index (Phi) is 7.79. The van der Waals surface area contributed by atoms with Crippen LogP contribution in [0.1, 0.15) is 39.8 Å². The van der Waals surface area contributed by atoms with Crippen LogP contribution in [0.3, 0.4) is 0 Å². The third kappa shape index (κ3) is 5.78. The van der Waals surface area contributed by atoms with Crippen molar-refractivity contribution in [2.24, 2.45) is 0 Å². The van der Waals surface area contributed by atoms with Gasteiger partial charge in [0.2, 0.25) is 0 Å². The molecule has 13 nitrogen and oxygen atoms in total. The number of carbonyl (C=O) groups excluding carboxylic acids is 1. The predicted octanol–water partition coefficient (Wildman–Crippen LogP) is 3.09. The van der Waals surface area contributed by atoms with Crippen molar-refractivity contribution in [2.75, 3.05) is 12.3 Å². The molecule has 41 heavy (non-hydrogen) atoms. The van der Waals surface area contributed by atoms with E-state index in [9.17, 15) is 24.0 Å². The zero-order valence-corrected chi connectivity index (χ0v) is 24.0. The van der Waals surface area contributed by atoms with E-state index in [1.54, 1.807) is 13.8 Å². The third-order valence-corrected chi connectivity index (χ3v) is 8.78. The molecule has 2 fully saturated rings. The van der Waals surface area contributed by atoms with E-state index in [2.05, 4.69) is 15.1 Å². The molecule has 5 N–H and O–H groups in total. The lowest BCUT2D eigenvalue weighted by molar-refractivity contribution is -0.150. The van der Waals surface area contributed by atoms with E-state index in [4.69, 9.17) is 35.9 Å². The summed E-state index contributed by atoms with van der Waals surface area (Å²) in [7, 11) is -4.34. The summed E-state index contributed by atoms with van der Waals surface area (Å²) in [6.07, 6.45) is -1.80. The second-order valence-corrected chi connectivity index (χ2v) is 12.6. The number of halogens is 2. The zero-order valence-electron chi connectivity index (χ0n) is 22.4. The number of aliphatic hydroxyl groups excluding tert-OH is 1. The summed E-state index contributed by atoms with van der Waals surface area (Å²) in [4.78, 5) is 20.6. The van der Waals surface area contributed by atoms with Crippen LogP contribution in [0.15, 0.2) is 36.8 Å². The molecule has 3 heterocycles. The maximum absolute atomic E-state index is 14.7. The van der Waals surface area contributed by atoms with Gasteiger partial charge in [0.15, 0.2) is 17.7 Å². The second kappa shape index (κ2) is 10.8. The van der Waals surface area contributed by atoms with Gasteiger partial charge in [-0.05, 0) is 57.9 Å². The van der Waals surface area contributed by atoms with Gasteiger partial charge < -0.3 is 29.9 Å². The smallest absolute Gasteiger partial charge is 0.459 e. The molecule has 0 spiro atoms. The molecule has 16 heteroatoms. The standard InChI is InChI=1S/C25H30ClFN5O8P/c1-13(2)38-23(34)25(8-9-25)31-41(36,40-15-6-4-14(26)5-7-15)37-11-17-19(33)24(3,35)22(39-17)32-10-16(27)18-20(28)29-12-30-21(18)32/h4-7,10,12-13,17,19,22,33,35H,8-9,11H2,1-3H3,(H,31,36)(H2,28,29,30)/t17?,19-,22?,24-,41?/m1/s1. The molecule has 0 bridgehead atoms. The highest BCUT2D eigenvalue weighted by atomic mass is 35.5. The number of nitrogens with zero attached hydrogens (tertiary/aromatic N) is 3. The summed E-state index contributed by atoms with van der Waals surface area (Å²) in [5, 5.41) is 25.2. The number of aliphatic hydroxyl groups is 2. The molecule has 1 aromatic carbocycles. The maximum atomic E-state index is 14.7. The molecule has 1 saturated heterocycles. The molecule has 3 aromatic rings. The van der Waals surface area contributed by atoms with Gasteiger partial charge in [-0.25, -0.2) is 18.9 Å². The summed E-state index contributed by atoms with van der Waals surface area (Å²) in [5.41, 5.74) is 2.56. The number of rotatable bonds is 10. The van der Waals surface area contributed by atoms with E-state index in [-0.39, 0.29) is 22.6 Å². The fourth-order valence-electron chi connectivity index (χ4n) is 4.58. The summed E-state index contributed by atoms with van der Waals surface area (Å²) in [6, 6.07) is 5.97. The van der Waals surface area contributed by atoms with Crippen molar-refractivity contribution < 1.29 is 42.5 Å². The lowest BCUT2D eigenvalue weighted by Crippen LogP contribution is -2.45.